The average Bonchev–Trinajstić information content (AvgIpc) is 2.49. The van der Waals surface area contributed by atoms with Gasteiger partial charge in [-0.3, -0.25) is 4.72 Å². The van der Waals surface area contributed by atoms with Gasteiger partial charge in [0.1, 0.15) is 5.75 Å². The van der Waals surface area contributed by atoms with Gasteiger partial charge in [-0.05, 0) is 65.3 Å². The first-order valence-corrected chi connectivity index (χ1v) is 8.89. The molecule has 0 unspecified atom stereocenters. The number of rotatable bonds is 6. The summed E-state index contributed by atoms with van der Waals surface area (Å²) in [6.45, 7) is 2.37. The third-order valence-corrected chi connectivity index (χ3v) is 4.97. The summed E-state index contributed by atoms with van der Waals surface area (Å²) < 4.78 is 32.7. The largest absolute Gasteiger partial charge is 0.494 e. The van der Waals surface area contributed by atoms with Gasteiger partial charge in [-0.1, -0.05) is 0 Å². The van der Waals surface area contributed by atoms with E-state index in [4.69, 9.17) is 9.84 Å². The zero-order chi connectivity index (χ0) is 17.0. The van der Waals surface area contributed by atoms with Crippen LogP contribution in [0.1, 0.15) is 17.3 Å². The Balaban J connectivity index is 2.28. The normalized spacial score (nSPS) is 11.0. The zero-order valence-corrected chi connectivity index (χ0v) is 14.5. The summed E-state index contributed by atoms with van der Waals surface area (Å²) in [6.07, 6.45) is 0. The molecule has 2 rings (SSSR count). The maximum atomic E-state index is 12.3. The van der Waals surface area contributed by atoms with Crippen LogP contribution in [0.15, 0.2) is 51.8 Å². The number of hydrogen-bond acceptors (Lipinski definition) is 4. The van der Waals surface area contributed by atoms with E-state index in [9.17, 15) is 13.2 Å². The standard InChI is InChI=1S/C15H14BrNO5S/c1-2-22-11-5-3-10(4-6-11)17-23(20,21)12-7-8-14(16)13(9-12)15(18)19/h3-9,17H,2H2,1H3,(H,18,19). The minimum atomic E-state index is -3.89. The molecule has 2 aromatic rings. The second-order valence-electron chi connectivity index (χ2n) is 4.51. The van der Waals surface area contributed by atoms with Crippen LogP contribution < -0.4 is 9.46 Å². The van der Waals surface area contributed by atoms with Crippen molar-refractivity contribution in [3.8, 4) is 5.75 Å². The van der Waals surface area contributed by atoms with Crippen molar-refractivity contribution in [2.45, 2.75) is 11.8 Å². The quantitative estimate of drug-likeness (QED) is 0.776. The third-order valence-electron chi connectivity index (χ3n) is 2.90. The monoisotopic (exact) mass is 399 g/mol. The first-order valence-electron chi connectivity index (χ1n) is 6.62. The molecule has 0 aliphatic heterocycles. The van der Waals surface area contributed by atoms with Gasteiger partial charge in [0, 0.05) is 10.2 Å². The molecule has 0 aliphatic rings. The number of halogens is 1. The topological polar surface area (TPSA) is 92.7 Å². The maximum absolute atomic E-state index is 12.3. The maximum Gasteiger partial charge on any atom is 0.336 e. The molecule has 8 heteroatoms. The Bertz CT molecular complexity index is 818. The van der Waals surface area contributed by atoms with Gasteiger partial charge in [0.25, 0.3) is 10.0 Å². The fraction of sp³-hybridized carbons (Fsp3) is 0.133. The van der Waals surface area contributed by atoms with E-state index >= 15 is 0 Å². The number of sulfonamides is 1. The van der Waals surface area contributed by atoms with Crippen molar-refractivity contribution >= 4 is 37.6 Å². The number of anilines is 1. The molecule has 0 amide bonds. The fourth-order valence-electron chi connectivity index (χ4n) is 1.84. The van der Waals surface area contributed by atoms with Gasteiger partial charge in [0.05, 0.1) is 17.1 Å². The number of carbonyl (C=O) groups is 1. The number of carboxylic acids is 1. The average molecular weight is 400 g/mol. The molecule has 0 bridgehead atoms. The van der Waals surface area contributed by atoms with Crippen LogP contribution in [0.25, 0.3) is 0 Å². The van der Waals surface area contributed by atoms with Crippen LogP contribution in [0.2, 0.25) is 0 Å². The van der Waals surface area contributed by atoms with E-state index in [1.165, 1.54) is 12.1 Å². The molecule has 2 N–H and O–H groups in total. The molecule has 0 saturated carbocycles. The third kappa shape index (κ3) is 4.23. The van der Waals surface area contributed by atoms with Crippen molar-refractivity contribution in [3.05, 3.63) is 52.5 Å². The first kappa shape index (κ1) is 17.3. The molecule has 0 aliphatic carbocycles. The van der Waals surface area contributed by atoms with Crippen LogP contribution in [0, 0.1) is 0 Å². The van der Waals surface area contributed by atoms with Crippen LogP contribution in [0.5, 0.6) is 5.75 Å². The van der Waals surface area contributed by atoms with Crippen LogP contribution in [0.4, 0.5) is 5.69 Å². The van der Waals surface area contributed by atoms with Gasteiger partial charge in [0.15, 0.2) is 0 Å². The highest BCUT2D eigenvalue weighted by Crippen LogP contribution is 2.24. The highest BCUT2D eigenvalue weighted by atomic mass is 79.9. The summed E-state index contributed by atoms with van der Waals surface area (Å²) in [7, 11) is -3.89. The highest BCUT2D eigenvalue weighted by molar-refractivity contribution is 9.10. The molecule has 23 heavy (non-hydrogen) atoms. The summed E-state index contributed by atoms with van der Waals surface area (Å²) in [5.41, 5.74) is 0.229. The molecule has 122 valence electrons. The molecule has 6 nitrogen and oxygen atoms in total. The predicted octanol–water partition coefficient (Wildman–Crippen LogP) is 3.35. The van der Waals surface area contributed by atoms with Gasteiger partial charge in [0.2, 0.25) is 0 Å². The van der Waals surface area contributed by atoms with E-state index in [0.29, 0.717) is 22.5 Å². The summed E-state index contributed by atoms with van der Waals surface area (Å²) in [5, 5.41) is 9.07. The Morgan fingerprint density at radius 1 is 1.22 bits per heavy atom. The Kier molecular flexibility index (Phi) is 5.27. The lowest BCUT2D eigenvalue weighted by Gasteiger charge is -2.10. The van der Waals surface area contributed by atoms with Crippen molar-refractivity contribution in [1.82, 2.24) is 0 Å². The minimum Gasteiger partial charge on any atom is -0.494 e. The number of benzene rings is 2. The Hall–Kier alpha value is -2.06. The van der Waals surface area contributed by atoms with Crippen molar-refractivity contribution in [2.75, 3.05) is 11.3 Å². The Morgan fingerprint density at radius 3 is 2.43 bits per heavy atom. The van der Waals surface area contributed by atoms with Crippen molar-refractivity contribution < 1.29 is 23.1 Å². The summed E-state index contributed by atoms with van der Waals surface area (Å²) >= 11 is 3.08. The molecule has 0 spiro atoms. The number of aromatic carboxylic acids is 1. The number of hydrogen-bond donors (Lipinski definition) is 2. The van der Waals surface area contributed by atoms with Crippen LogP contribution in [-0.4, -0.2) is 26.1 Å². The van der Waals surface area contributed by atoms with E-state index in [-0.39, 0.29) is 10.5 Å². The lowest BCUT2D eigenvalue weighted by atomic mass is 10.2. The van der Waals surface area contributed by atoms with Crippen molar-refractivity contribution in [2.24, 2.45) is 0 Å². The highest BCUT2D eigenvalue weighted by Gasteiger charge is 2.18. The molecular formula is C15H14BrNO5S. The Labute approximate surface area is 142 Å². The summed E-state index contributed by atoms with van der Waals surface area (Å²) in [5.74, 6) is -0.581. The van der Waals surface area contributed by atoms with Crippen LogP contribution >= 0.6 is 15.9 Å². The van der Waals surface area contributed by atoms with Crippen molar-refractivity contribution in [1.29, 1.82) is 0 Å². The van der Waals surface area contributed by atoms with Gasteiger partial charge in [-0.2, -0.15) is 0 Å². The zero-order valence-electron chi connectivity index (χ0n) is 12.1. The molecule has 0 radical (unpaired) electrons. The second-order valence-corrected chi connectivity index (χ2v) is 7.05. The first-order chi connectivity index (χ1) is 10.8. The predicted molar refractivity (Wildman–Crippen MR) is 89.5 cm³/mol. The minimum absolute atomic E-state index is 0.125. The molecule has 0 fully saturated rings. The lowest BCUT2D eigenvalue weighted by molar-refractivity contribution is 0.0695. The number of nitrogens with one attached hydrogen (secondary N) is 1. The lowest BCUT2D eigenvalue weighted by Crippen LogP contribution is -2.14. The molecule has 0 saturated heterocycles. The summed E-state index contributed by atoms with van der Waals surface area (Å²) in [6, 6.07) is 10.2. The smallest absolute Gasteiger partial charge is 0.336 e. The fourth-order valence-corrected chi connectivity index (χ4v) is 3.34. The van der Waals surface area contributed by atoms with Gasteiger partial charge in [-0.15, -0.1) is 0 Å². The van der Waals surface area contributed by atoms with Gasteiger partial charge < -0.3 is 9.84 Å². The van der Waals surface area contributed by atoms with Gasteiger partial charge >= 0.3 is 5.97 Å². The van der Waals surface area contributed by atoms with Crippen LogP contribution in [-0.2, 0) is 10.0 Å². The van der Waals surface area contributed by atoms with Gasteiger partial charge in [-0.25, -0.2) is 13.2 Å². The van der Waals surface area contributed by atoms with Crippen LogP contribution in [0.3, 0.4) is 0 Å². The second kappa shape index (κ2) is 7.01. The molecule has 0 heterocycles. The SMILES string of the molecule is CCOc1ccc(NS(=O)(=O)c2ccc(Br)c(C(=O)O)c2)cc1. The number of carboxylic acid groups (broad SMARTS) is 1. The van der Waals surface area contributed by atoms with E-state index in [2.05, 4.69) is 20.7 Å². The molecule has 2 aromatic carbocycles. The van der Waals surface area contributed by atoms with Crippen molar-refractivity contribution in [3.63, 3.8) is 0 Å². The summed E-state index contributed by atoms with van der Waals surface area (Å²) in [4.78, 5) is 11.0. The Morgan fingerprint density at radius 2 is 1.87 bits per heavy atom. The molecule has 0 atom stereocenters. The van der Waals surface area contributed by atoms with E-state index in [1.54, 1.807) is 24.3 Å². The number of ether oxygens (including phenoxy) is 1. The molecule has 0 aromatic heterocycles. The van der Waals surface area contributed by atoms with E-state index < -0.39 is 16.0 Å². The molecular weight excluding hydrogens is 386 g/mol. The van der Waals surface area contributed by atoms with E-state index in [1.807, 2.05) is 6.92 Å². The van der Waals surface area contributed by atoms with E-state index in [0.717, 1.165) is 6.07 Å².